The van der Waals surface area contributed by atoms with Crippen LogP contribution in [0, 0.1) is 4.91 Å². The Morgan fingerprint density at radius 1 is 1.56 bits per heavy atom. The number of oxazole rings is 1. The fraction of sp³-hybridized carbons (Fsp3) is 0.556. The Bertz CT molecular complexity index is 395. The van der Waals surface area contributed by atoms with E-state index in [1.807, 2.05) is 0 Å². The number of nitrogens with zero attached hydrogens (tertiary/aromatic N) is 3. The van der Waals surface area contributed by atoms with E-state index in [0.29, 0.717) is 31.8 Å². The second-order valence-electron chi connectivity index (χ2n) is 3.69. The number of rotatable bonds is 3. The van der Waals surface area contributed by atoms with Crippen LogP contribution in [0.5, 0.6) is 0 Å². The third-order valence-corrected chi connectivity index (χ3v) is 2.68. The van der Waals surface area contributed by atoms with Gasteiger partial charge >= 0.3 is 5.97 Å². The van der Waals surface area contributed by atoms with Crippen molar-refractivity contribution in [3.05, 3.63) is 22.8 Å². The number of aromatic nitrogens is 1. The fourth-order valence-electron chi connectivity index (χ4n) is 1.77. The highest BCUT2D eigenvalue weighted by molar-refractivity contribution is 5.84. The minimum Gasteiger partial charge on any atom is -0.476 e. The van der Waals surface area contributed by atoms with Crippen LogP contribution in [0.3, 0.4) is 0 Å². The molecule has 0 aromatic carbocycles. The van der Waals surface area contributed by atoms with E-state index < -0.39 is 5.97 Å². The Kier molecular flexibility index (Phi) is 2.84. The Hall–Kier alpha value is -1.92. The van der Waals surface area contributed by atoms with Gasteiger partial charge in [0.05, 0.1) is 5.29 Å². The molecule has 2 rings (SSSR count). The maximum atomic E-state index is 10.6. The van der Waals surface area contributed by atoms with Gasteiger partial charge in [-0.05, 0) is 12.8 Å². The molecule has 0 saturated carbocycles. The summed E-state index contributed by atoms with van der Waals surface area (Å²) in [6.07, 6.45) is 2.54. The number of aromatic carboxylic acids is 1. The summed E-state index contributed by atoms with van der Waals surface area (Å²) in [4.78, 5) is 24.8. The second-order valence-corrected chi connectivity index (χ2v) is 3.69. The summed E-state index contributed by atoms with van der Waals surface area (Å²) in [7, 11) is 0. The Balaban J connectivity index is 2.02. The van der Waals surface area contributed by atoms with Crippen LogP contribution in [0.2, 0.25) is 0 Å². The van der Waals surface area contributed by atoms with Gasteiger partial charge < -0.3 is 9.52 Å². The van der Waals surface area contributed by atoms with E-state index in [0.717, 1.165) is 6.26 Å². The number of hydrogen-bond acceptors (Lipinski definition) is 5. The summed E-state index contributed by atoms with van der Waals surface area (Å²) in [5.41, 5.74) is -0.0778. The van der Waals surface area contributed by atoms with E-state index in [9.17, 15) is 9.70 Å². The molecular formula is C9H11N3O4. The van der Waals surface area contributed by atoms with Crippen molar-refractivity contribution in [1.82, 2.24) is 9.99 Å². The number of piperidine rings is 1. The van der Waals surface area contributed by atoms with Crippen LogP contribution >= 0.6 is 0 Å². The van der Waals surface area contributed by atoms with Crippen molar-refractivity contribution in [2.45, 2.75) is 18.8 Å². The van der Waals surface area contributed by atoms with Crippen molar-refractivity contribution >= 4 is 5.97 Å². The molecule has 1 fully saturated rings. The molecule has 7 nitrogen and oxygen atoms in total. The van der Waals surface area contributed by atoms with Gasteiger partial charge in [0.2, 0.25) is 0 Å². The van der Waals surface area contributed by atoms with Crippen molar-refractivity contribution in [3.63, 3.8) is 0 Å². The molecule has 1 saturated heterocycles. The number of hydrogen-bond donors (Lipinski definition) is 1. The minimum atomic E-state index is -1.10. The Morgan fingerprint density at radius 2 is 2.25 bits per heavy atom. The van der Waals surface area contributed by atoms with Crippen LogP contribution in [-0.2, 0) is 0 Å². The average Bonchev–Trinajstić information content (AvgIpc) is 2.78. The Labute approximate surface area is 91.0 Å². The quantitative estimate of drug-likeness (QED) is 0.777. The summed E-state index contributed by atoms with van der Waals surface area (Å²) in [6.45, 7) is 1.11. The number of nitroso groups, excluding NO2 is 1. The molecule has 1 N–H and O–H groups in total. The Morgan fingerprint density at radius 3 is 2.75 bits per heavy atom. The lowest BCUT2D eigenvalue weighted by Crippen LogP contribution is -2.28. The van der Waals surface area contributed by atoms with Gasteiger partial charge in [0.15, 0.2) is 11.6 Å². The zero-order chi connectivity index (χ0) is 11.5. The monoisotopic (exact) mass is 225 g/mol. The van der Waals surface area contributed by atoms with Crippen LogP contribution in [0.4, 0.5) is 0 Å². The molecular weight excluding hydrogens is 214 g/mol. The first-order valence-electron chi connectivity index (χ1n) is 4.97. The number of carboxylic acid groups (broad SMARTS) is 1. The lowest BCUT2D eigenvalue weighted by Gasteiger charge is -2.25. The largest absolute Gasteiger partial charge is 0.476 e. The highest BCUT2D eigenvalue weighted by Crippen LogP contribution is 2.27. The molecule has 0 unspecified atom stereocenters. The van der Waals surface area contributed by atoms with Crippen LogP contribution < -0.4 is 0 Å². The van der Waals surface area contributed by atoms with E-state index in [-0.39, 0.29) is 11.6 Å². The van der Waals surface area contributed by atoms with Gasteiger partial charge in [-0.15, -0.1) is 4.91 Å². The molecule has 1 aliphatic rings. The molecule has 86 valence electrons. The number of carboxylic acids is 1. The SMILES string of the molecule is O=NN1CCC(c2nc(C(=O)O)co2)CC1. The molecule has 2 heterocycles. The smallest absolute Gasteiger partial charge is 0.357 e. The van der Waals surface area contributed by atoms with Crippen molar-refractivity contribution in [2.24, 2.45) is 5.29 Å². The van der Waals surface area contributed by atoms with Crippen molar-refractivity contribution < 1.29 is 14.3 Å². The molecule has 0 amide bonds. The van der Waals surface area contributed by atoms with Gasteiger partial charge in [-0.1, -0.05) is 0 Å². The average molecular weight is 225 g/mol. The lowest BCUT2D eigenvalue weighted by atomic mass is 9.98. The first kappa shape index (κ1) is 10.6. The highest BCUT2D eigenvalue weighted by atomic mass is 16.4. The second kappa shape index (κ2) is 4.30. The normalized spacial score (nSPS) is 17.4. The third-order valence-electron chi connectivity index (χ3n) is 2.68. The molecule has 0 radical (unpaired) electrons. The van der Waals surface area contributed by atoms with Gasteiger partial charge in [0, 0.05) is 19.0 Å². The van der Waals surface area contributed by atoms with Crippen molar-refractivity contribution in [3.8, 4) is 0 Å². The van der Waals surface area contributed by atoms with Crippen molar-refractivity contribution in [1.29, 1.82) is 0 Å². The van der Waals surface area contributed by atoms with Crippen LogP contribution in [0.15, 0.2) is 16.0 Å². The topological polar surface area (TPSA) is 96.0 Å². The van der Waals surface area contributed by atoms with Gasteiger partial charge in [-0.3, -0.25) is 5.01 Å². The highest BCUT2D eigenvalue weighted by Gasteiger charge is 2.25. The van der Waals surface area contributed by atoms with Crippen molar-refractivity contribution in [2.75, 3.05) is 13.1 Å². The molecule has 1 aromatic heterocycles. The standard InChI is InChI=1S/C9H11N3O4/c13-9(14)7-5-16-8(10-7)6-1-3-12(11-15)4-2-6/h5-6H,1-4H2,(H,13,14). The molecule has 7 heteroatoms. The molecule has 0 spiro atoms. The zero-order valence-corrected chi connectivity index (χ0v) is 8.50. The fourth-order valence-corrected chi connectivity index (χ4v) is 1.77. The summed E-state index contributed by atoms with van der Waals surface area (Å²) < 4.78 is 5.12. The van der Waals surface area contributed by atoms with Crippen LogP contribution in [0.25, 0.3) is 0 Å². The van der Waals surface area contributed by atoms with E-state index in [2.05, 4.69) is 10.3 Å². The molecule has 16 heavy (non-hydrogen) atoms. The molecule has 0 atom stereocenters. The maximum absolute atomic E-state index is 10.6. The van der Waals surface area contributed by atoms with Crippen LogP contribution in [0.1, 0.15) is 35.1 Å². The molecule has 1 aromatic rings. The predicted molar refractivity (Wildman–Crippen MR) is 52.8 cm³/mol. The van der Waals surface area contributed by atoms with E-state index in [1.54, 1.807) is 0 Å². The minimum absolute atomic E-state index is 0.0751. The number of carbonyl (C=O) groups is 1. The van der Waals surface area contributed by atoms with Gasteiger partial charge in [0.25, 0.3) is 0 Å². The van der Waals surface area contributed by atoms with Gasteiger partial charge in [-0.2, -0.15) is 0 Å². The molecule has 0 aliphatic carbocycles. The lowest BCUT2D eigenvalue weighted by molar-refractivity contribution is 0.0690. The first-order valence-corrected chi connectivity index (χ1v) is 4.97. The van der Waals surface area contributed by atoms with E-state index in [1.165, 1.54) is 5.01 Å². The molecule has 1 aliphatic heterocycles. The van der Waals surface area contributed by atoms with E-state index in [4.69, 9.17) is 9.52 Å². The molecule has 0 bridgehead atoms. The van der Waals surface area contributed by atoms with Gasteiger partial charge in [-0.25, -0.2) is 9.78 Å². The zero-order valence-electron chi connectivity index (χ0n) is 8.50. The van der Waals surface area contributed by atoms with Crippen LogP contribution in [-0.4, -0.2) is 34.2 Å². The van der Waals surface area contributed by atoms with E-state index >= 15 is 0 Å². The summed E-state index contributed by atoms with van der Waals surface area (Å²) in [5.74, 6) is -0.587. The third kappa shape index (κ3) is 2.02. The summed E-state index contributed by atoms with van der Waals surface area (Å²) in [5, 5.41) is 13.0. The predicted octanol–water partition coefficient (Wildman–Crippen LogP) is 1.23. The summed E-state index contributed by atoms with van der Waals surface area (Å²) >= 11 is 0. The van der Waals surface area contributed by atoms with Gasteiger partial charge in [0.1, 0.15) is 6.26 Å². The maximum Gasteiger partial charge on any atom is 0.357 e. The first-order chi connectivity index (χ1) is 7.70. The summed E-state index contributed by atoms with van der Waals surface area (Å²) in [6, 6.07) is 0.